The molecule has 5 heteroatoms. The van der Waals surface area contributed by atoms with Crippen LogP contribution in [-0.2, 0) is 23.8 Å². The van der Waals surface area contributed by atoms with Gasteiger partial charge in [-0.2, -0.15) is 0 Å². The molecule has 0 saturated heterocycles. The van der Waals surface area contributed by atoms with E-state index in [0.717, 1.165) is 103 Å². The van der Waals surface area contributed by atoms with Crippen molar-refractivity contribution in [2.24, 2.45) is 0 Å². The quantitative estimate of drug-likeness (QED) is 0.0345. The third kappa shape index (κ3) is 55.4. The fraction of sp³-hybridized carbons (Fsp3) is 0.714. The highest BCUT2D eigenvalue weighted by molar-refractivity contribution is 5.70. The fourth-order valence-electron chi connectivity index (χ4n) is 7.80. The summed E-state index contributed by atoms with van der Waals surface area (Å²) in [5.74, 6) is -0.445. The lowest BCUT2D eigenvalue weighted by molar-refractivity contribution is -0.163. The molecule has 0 radical (unpaired) electrons. The van der Waals surface area contributed by atoms with Gasteiger partial charge in [-0.25, -0.2) is 0 Å². The van der Waals surface area contributed by atoms with E-state index in [2.05, 4.69) is 118 Å². The standard InChI is InChI=1S/C63H108O5/c1-4-7-10-13-16-19-22-25-28-30-32-33-36-38-41-44-47-50-53-56-62(64)67-60-61(68-63(65)57-54-51-48-45-42-39-35-27-24-21-18-15-12-9-6-3)59-66-58-55-52-49-46-43-40-37-34-31-29-26-23-20-17-14-11-8-5-2/h7,10,16-17,19-20,25-29,32-33,35,38,41,61H,4-6,8-9,11-15,18,21-24,30-31,34,36-37,39-40,42-60H2,1-3H3/b10-7-,19-16-,20-17-,28-25-,29-26-,33-32-,35-27-,41-38-. The second kappa shape index (κ2) is 58.1. The van der Waals surface area contributed by atoms with Crippen molar-refractivity contribution in [2.75, 3.05) is 19.8 Å². The van der Waals surface area contributed by atoms with Crippen LogP contribution in [0.5, 0.6) is 0 Å². The second-order valence-corrected chi connectivity index (χ2v) is 18.8. The third-order valence-corrected chi connectivity index (χ3v) is 12.1. The maximum Gasteiger partial charge on any atom is 0.306 e. The van der Waals surface area contributed by atoms with Crippen LogP contribution >= 0.6 is 0 Å². The average Bonchev–Trinajstić information content (AvgIpc) is 3.34. The molecule has 0 spiro atoms. The van der Waals surface area contributed by atoms with E-state index in [0.29, 0.717) is 19.4 Å². The Hall–Kier alpha value is -3.18. The highest BCUT2D eigenvalue weighted by atomic mass is 16.6. The summed E-state index contributed by atoms with van der Waals surface area (Å²) in [6, 6.07) is 0. The molecule has 0 aromatic rings. The summed E-state index contributed by atoms with van der Waals surface area (Å²) >= 11 is 0. The lowest BCUT2D eigenvalue weighted by Crippen LogP contribution is -2.30. The number of rotatable bonds is 52. The lowest BCUT2D eigenvalue weighted by atomic mass is 10.1. The molecule has 0 N–H and O–H groups in total. The smallest absolute Gasteiger partial charge is 0.306 e. The van der Waals surface area contributed by atoms with E-state index in [4.69, 9.17) is 14.2 Å². The van der Waals surface area contributed by atoms with Crippen molar-refractivity contribution in [3.8, 4) is 0 Å². The Kier molecular flexibility index (Phi) is 55.4. The van der Waals surface area contributed by atoms with Crippen molar-refractivity contribution in [1.29, 1.82) is 0 Å². The van der Waals surface area contributed by atoms with Crippen LogP contribution in [0, 0.1) is 0 Å². The zero-order valence-electron chi connectivity index (χ0n) is 44.8. The van der Waals surface area contributed by atoms with Crippen molar-refractivity contribution < 1.29 is 23.8 Å². The molecule has 0 fully saturated rings. The molecule has 0 heterocycles. The van der Waals surface area contributed by atoms with Gasteiger partial charge in [-0.3, -0.25) is 9.59 Å². The van der Waals surface area contributed by atoms with E-state index in [-0.39, 0.29) is 25.2 Å². The number of ether oxygens (including phenoxy) is 3. The predicted octanol–water partition coefficient (Wildman–Crippen LogP) is 19.8. The Balaban J connectivity index is 4.36. The minimum absolute atomic E-state index is 0.0585. The van der Waals surface area contributed by atoms with Gasteiger partial charge in [0.05, 0.1) is 6.61 Å². The van der Waals surface area contributed by atoms with Gasteiger partial charge in [0.1, 0.15) is 6.61 Å². The molecule has 0 aliphatic heterocycles. The minimum Gasteiger partial charge on any atom is -0.462 e. The summed E-state index contributed by atoms with van der Waals surface area (Å²) in [7, 11) is 0. The first kappa shape index (κ1) is 64.8. The van der Waals surface area contributed by atoms with Gasteiger partial charge < -0.3 is 14.2 Å². The zero-order chi connectivity index (χ0) is 49.2. The topological polar surface area (TPSA) is 61.8 Å². The van der Waals surface area contributed by atoms with E-state index in [9.17, 15) is 9.59 Å². The number of hydrogen-bond donors (Lipinski definition) is 0. The van der Waals surface area contributed by atoms with Crippen molar-refractivity contribution in [3.63, 3.8) is 0 Å². The molecule has 1 atom stereocenters. The maximum absolute atomic E-state index is 12.9. The molecule has 5 nitrogen and oxygen atoms in total. The zero-order valence-corrected chi connectivity index (χ0v) is 44.8. The summed E-state index contributed by atoms with van der Waals surface area (Å²) in [5, 5.41) is 0. The highest BCUT2D eigenvalue weighted by Crippen LogP contribution is 2.14. The van der Waals surface area contributed by atoms with E-state index in [1.54, 1.807) is 0 Å². The summed E-state index contributed by atoms with van der Waals surface area (Å²) in [4.78, 5) is 25.5. The molecule has 0 bridgehead atoms. The van der Waals surface area contributed by atoms with Gasteiger partial charge in [0.25, 0.3) is 0 Å². The summed E-state index contributed by atoms with van der Waals surface area (Å²) < 4.78 is 17.4. The van der Waals surface area contributed by atoms with Crippen molar-refractivity contribution in [3.05, 3.63) is 97.2 Å². The molecule has 0 rings (SSSR count). The Bertz CT molecular complexity index is 1300. The van der Waals surface area contributed by atoms with Crippen LogP contribution in [0.2, 0.25) is 0 Å². The average molecular weight is 946 g/mol. The Labute approximate surface area is 422 Å². The van der Waals surface area contributed by atoms with Gasteiger partial charge in [-0.1, -0.05) is 227 Å². The van der Waals surface area contributed by atoms with Crippen LogP contribution in [-0.4, -0.2) is 37.9 Å². The highest BCUT2D eigenvalue weighted by Gasteiger charge is 2.17. The molecule has 1 unspecified atom stereocenters. The minimum atomic E-state index is -0.563. The first-order valence-corrected chi connectivity index (χ1v) is 28.8. The number of allylic oxidation sites excluding steroid dienone is 16. The Morgan fingerprint density at radius 3 is 1.12 bits per heavy atom. The summed E-state index contributed by atoms with van der Waals surface area (Å²) in [6.45, 7) is 7.64. The van der Waals surface area contributed by atoms with Crippen LogP contribution in [0.25, 0.3) is 0 Å². The van der Waals surface area contributed by atoms with Crippen molar-refractivity contribution in [1.82, 2.24) is 0 Å². The van der Waals surface area contributed by atoms with Crippen molar-refractivity contribution >= 4 is 11.9 Å². The monoisotopic (exact) mass is 945 g/mol. The normalized spacial score (nSPS) is 12.9. The predicted molar refractivity (Wildman–Crippen MR) is 297 cm³/mol. The van der Waals surface area contributed by atoms with Crippen LogP contribution in [0.1, 0.15) is 265 Å². The summed E-state index contributed by atoms with van der Waals surface area (Å²) in [6.07, 6.45) is 78.5. The molecule has 0 saturated carbocycles. The molecular formula is C63H108O5. The maximum atomic E-state index is 12.9. The van der Waals surface area contributed by atoms with Gasteiger partial charge in [0.15, 0.2) is 6.10 Å². The lowest BCUT2D eigenvalue weighted by Gasteiger charge is -2.18. The van der Waals surface area contributed by atoms with Crippen LogP contribution in [0.15, 0.2) is 97.2 Å². The molecule has 0 amide bonds. The fourth-order valence-corrected chi connectivity index (χ4v) is 7.80. The Morgan fingerprint density at radius 1 is 0.338 bits per heavy atom. The molecule has 68 heavy (non-hydrogen) atoms. The SMILES string of the molecule is CC/C=C\C/C=C\C/C=C\C/C=C\C/C=C\CCCCCC(=O)OCC(COCCCCCCCCCC/C=C\C/C=C\CCCCC)OC(=O)CCCCCCC/C=C\CCCCCCCC. The molecule has 390 valence electrons. The first-order valence-electron chi connectivity index (χ1n) is 28.8. The molecule has 0 aromatic heterocycles. The number of esters is 2. The largest absolute Gasteiger partial charge is 0.462 e. The van der Waals surface area contributed by atoms with E-state index < -0.39 is 6.10 Å². The van der Waals surface area contributed by atoms with Crippen LogP contribution in [0.4, 0.5) is 0 Å². The molecule has 0 aliphatic carbocycles. The first-order chi connectivity index (χ1) is 33.6. The number of carbonyl (C=O) groups excluding carboxylic acids is 2. The van der Waals surface area contributed by atoms with Crippen LogP contribution < -0.4 is 0 Å². The number of hydrogen-bond acceptors (Lipinski definition) is 5. The number of unbranched alkanes of at least 4 members (excludes halogenated alkanes) is 25. The van der Waals surface area contributed by atoms with E-state index in [1.165, 1.54) is 128 Å². The number of carbonyl (C=O) groups is 2. The molecule has 0 aromatic carbocycles. The Morgan fingerprint density at radius 2 is 0.662 bits per heavy atom. The van der Waals surface area contributed by atoms with Gasteiger partial charge in [0.2, 0.25) is 0 Å². The van der Waals surface area contributed by atoms with Gasteiger partial charge in [0, 0.05) is 19.4 Å². The van der Waals surface area contributed by atoms with Gasteiger partial charge in [-0.15, -0.1) is 0 Å². The second-order valence-electron chi connectivity index (χ2n) is 18.8. The molecular weight excluding hydrogens is 837 g/mol. The van der Waals surface area contributed by atoms with Gasteiger partial charge >= 0.3 is 11.9 Å². The van der Waals surface area contributed by atoms with Crippen molar-refractivity contribution in [2.45, 2.75) is 271 Å². The van der Waals surface area contributed by atoms with Gasteiger partial charge in [-0.05, 0) is 122 Å². The molecule has 0 aliphatic rings. The third-order valence-electron chi connectivity index (χ3n) is 12.1. The van der Waals surface area contributed by atoms with Crippen LogP contribution in [0.3, 0.4) is 0 Å². The summed E-state index contributed by atoms with van der Waals surface area (Å²) in [5.41, 5.74) is 0. The van der Waals surface area contributed by atoms with E-state index in [1.807, 2.05) is 0 Å². The van der Waals surface area contributed by atoms with E-state index >= 15 is 0 Å².